The molecule has 3 heterocycles. The van der Waals surface area contributed by atoms with Gasteiger partial charge in [0.2, 0.25) is 12.3 Å². The zero-order valence-corrected chi connectivity index (χ0v) is 17.2. The number of para-hydroxylation sites is 1. The van der Waals surface area contributed by atoms with Gasteiger partial charge in [-0.15, -0.1) is 3.89 Å². The lowest BCUT2D eigenvalue weighted by atomic mass is 10.2. The Morgan fingerprint density at radius 2 is 2.04 bits per heavy atom. The summed E-state index contributed by atoms with van der Waals surface area (Å²) in [5, 5.41) is 13.9. The van der Waals surface area contributed by atoms with E-state index >= 15 is 0 Å². The molecule has 3 aromatic rings. The van der Waals surface area contributed by atoms with E-state index in [0.717, 1.165) is 0 Å². The summed E-state index contributed by atoms with van der Waals surface area (Å²) in [6, 6.07) is 7.15. The summed E-state index contributed by atoms with van der Waals surface area (Å²) in [4.78, 5) is 4.81. The van der Waals surface area contributed by atoms with Gasteiger partial charge in [0.05, 0.1) is 17.3 Å². The van der Waals surface area contributed by atoms with Crippen LogP contribution in [0.3, 0.4) is 0 Å². The highest BCUT2D eigenvalue weighted by molar-refractivity contribution is 8.26. The van der Waals surface area contributed by atoms with Crippen molar-refractivity contribution in [3.8, 4) is 0 Å². The first-order chi connectivity index (χ1) is 12.3. The van der Waals surface area contributed by atoms with Crippen LogP contribution in [0.2, 0.25) is 0 Å². The number of imidazole rings is 1. The summed E-state index contributed by atoms with van der Waals surface area (Å²) < 4.78 is 33.0. The van der Waals surface area contributed by atoms with Crippen LogP contribution < -0.4 is 10.1 Å². The van der Waals surface area contributed by atoms with Crippen molar-refractivity contribution < 1.29 is 13.2 Å². The van der Waals surface area contributed by atoms with Crippen molar-refractivity contribution in [3.63, 3.8) is 0 Å². The second-order valence-electron chi connectivity index (χ2n) is 6.54. The van der Waals surface area contributed by atoms with Gasteiger partial charge >= 0.3 is 6.47 Å². The monoisotopic (exact) mass is 412 g/mol. The first-order valence-corrected chi connectivity index (χ1v) is 12.1. The van der Waals surface area contributed by atoms with Crippen LogP contribution in [0.5, 0.6) is 0 Å². The van der Waals surface area contributed by atoms with E-state index in [4.69, 9.17) is 0 Å². The van der Waals surface area contributed by atoms with Gasteiger partial charge in [-0.3, -0.25) is 0 Å². The van der Waals surface area contributed by atoms with Crippen LogP contribution in [0.4, 0.5) is 3.89 Å². The van der Waals surface area contributed by atoms with Crippen molar-refractivity contribution in [2.24, 2.45) is 0 Å². The molecule has 0 radical (unpaired) electrons. The summed E-state index contributed by atoms with van der Waals surface area (Å²) in [6.45, 7) is 2.10. The van der Waals surface area contributed by atoms with Gasteiger partial charge in [0, 0.05) is 20.0 Å². The summed E-state index contributed by atoms with van der Waals surface area (Å²) in [5.74, 6) is 0.332. The molecule has 4 rings (SSSR count). The normalized spacial score (nSPS) is 20.1. The van der Waals surface area contributed by atoms with E-state index in [2.05, 4.69) is 4.98 Å². The van der Waals surface area contributed by atoms with E-state index in [9.17, 15) is 13.2 Å². The zero-order chi connectivity index (χ0) is 18.8. The molecule has 0 saturated carbocycles. The minimum Gasteiger partial charge on any atom is -0.868 e. The molecule has 1 aromatic carbocycles. The maximum atomic E-state index is 14.4. The second-order valence-corrected chi connectivity index (χ2v) is 13.2. The molecule has 0 aliphatic carbocycles. The number of nitrogens with zero attached hydrogens (tertiary/aromatic N) is 4. The van der Waals surface area contributed by atoms with Crippen LogP contribution in [0.15, 0.2) is 30.5 Å². The maximum Gasteiger partial charge on any atom is 0.357 e. The minimum absolute atomic E-state index is 0.0228. The molecule has 26 heavy (non-hydrogen) atoms. The molecule has 6 nitrogen and oxygen atoms in total. The predicted octanol–water partition coefficient (Wildman–Crippen LogP) is 2.43. The van der Waals surface area contributed by atoms with Gasteiger partial charge < -0.3 is 5.11 Å². The average Bonchev–Trinajstić information content (AvgIpc) is 3.20. The fourth-order valence-electron chi connectivity index (χ4n) is 3.28. The van der Waals surface area contributed by atoms with Crippen LogP contribution >= 0.6 is 18.8 Å². The molecule has 1 aliphatic heterocycles. The lowest BCUT2D eigenvalue weighted by molar-refractivity contribution is -0.245. The molecule has 0 spiro atoms. The molecular weight excluding hydrogens is 394 g/mol. The minimum atomic E-state index is -2.98. The van der Waals surface area contributed by atoms with E-state index in [1.165, 1.54) is 9.93 Å². The van der Waals surface area contributed by atoms with Crippen molar-refractivity contribution in [3.05, 3.63) is 46.9 Å². The molecular formula is C16H18FN4O2PS2. The first-order valence-electron chi connectivity index (χ1n) is 8.04. The van der Waals surface area contributed by atoms with Gasteiger partial charge in [-0.25, -0.2) is 8.96 Å². The third-order valence-electron chi connectivity index (χ3n) is 4.44. The van der Waals surface area contributed by atoms with E-state index in [-0.39, 0.29) is 24.0 Å². The summed E-state index contributed by atoms with van der Waals surface area (Å²) in [7, 11) is 0.430. The largest absolute Gasteiger partial charge is 0.868 e. The number of fused-ring (bicyclic) bond motifs is 4. The number of halogens is 1. The third kappa shape index (κ3) is 2.08. The smallest absolute Gasteiger partial charge is 0.357 e. The maximum absolute atomic E-state index is 14.4. The Hall–Kier alpha value is -1.54. The standard InChI is InChI=1S/C16H18FN4O2PS2/c1-10(2)16-18-9-13-14(22)15-11-7-5-6-8-12(11)21(25-17)24(15)26(23,19(3)4)20(13)16/h5-10H,1-4H3. The van der Waals surface area contributed by atoms with Crippen molar-refractivity contribution >= 4 is 44.9 Å². The molecule has 0 amide bonds. The highest BCUT2D eigenvalue weighted by atomic mass is 32.5. The molecule has 138 valence electrons. The molecule has 0 saturated heterocycles. The quantitative estimate of drug-likeness (QED) is 0.663. The molecule has 2 aromatic heterocycles. The van der Waals surface area contributed by atoms with Crippen molar-refractivity contribution in [1.82, 2.24) is 17.0 Å². The topological polar surface area (TPSA) is 66.1 Å². The third-order valence-corrected chi connectivity index (χ3v) is 13.2. The van der Waals surface area contributed by atoms with Crippen LogP contribution in [0.1, 0.15) is 31.3 Å². The van der Waals surface area contributed by atoms with Gasteiger partial charge in [0.15, 0.2) is 4.95 Å². The second kappa shape index (κ2) is 5.99. The Bertz CT molecular complexity index is 1260. The van der Waals surface area contributed by atoms with Gasteiger partial charge in [-0.2, -0.15) is 8.51 Å². The number of aromatic nitrogens is 3. The molecule has 10 heteroatoms. The first kappa shape index (κ1) is 17.9. The SMILES string of the molecule is CC(C)c1ncc2n1S(=O)(N(C)C)=[p+]1c(c3ccccc3n1SF)=C2[O-]. The lowest BCUT2D eigenvalue weighted by Gasteiger charge is -2.23. The van der Waals surface area contributed by atoms with E-state index in [0.29, 0.717) is 27.4 Å². The van der Waals surface area contributed by atoms with Crippen LogP contribution in [0, 0.1) is 0 Å². The molecule has 2 unspecified atom stereocenters. The van der Waals surface area contributed by atoms with E-state index in [1.807, 2.05) is 19.9 Å². The molecule has 2 atom stereocenters. The van der Waals surface area contributed by atoms with Crippen molar-refractivity contribution in [2.45, 2.75) is 19.8 Å². The lowest BCUT2D eigenvalue weighted by Crippen LogP contribution is -2.35. The van der Waals surface area contributed by atoms with Crippen molar-refractivity contribution in [1.29, 1.82) is 0 Å². The van der Waals surface area contributed by atoms with Gasteiger partial charge in [-0.1, -0.05) is 29.7 Å². The fourth-order valence-corrected chi connectivity index (χ4v) is 12.3. The molecule has 0 fully saturated rings. The van der Waals surface area contributed by atoms with Crippen molar-refractivity contribution in [2.75, 3.05) is 14.1 Å². The Kier molecular flexibility index (Phi) is 4.11. The summed E-state index contributed by atoms with van der Waals surface area (Å²) in [5.41, 5.74) is 0.899. The number of benzene rings is 1. The molecule has 0 bridgehead atoms. The number of rotatable bonds is 3. The molecule has 1 aliphatic rings. The highest BCUT2D eigenvalue weighted by Crippen LogP contribution is 2.39. The number of hydrogen-bond acceptors (Lipinski definition) is 4. The Morgan fingerprint density at radius 3 is 2.65 bits per heavy atom. The zero-order valence-electron chi connectivity index (χ0n) is 14.7. The Labute approximate surface area is 156 Å². The van der Waals surface area contributed by atoms with Gasteiger partial charge in [-0.05, 0) is 17.9 Å². The highest BCUT2D eigenvalue weighted by Gasteiger charge is 2.39. The van der Waals surface area contributed by atoms with Crippen LogP contribution in [0.25, 0.3) is 16.7 Å². The summed E-state index contributed by atoms with van der Waals surface area (Å²) in [6.07, 6.45) is 1.49. The van der Waals surface area contributed by atoms with Crippen LogP contribution in [-0.4, -0.2) is 35.3 Å². The molecule has 0 N–H and O–H groups in total. The van der Waals surface area contributed by atoms with E-state index in [1.54, 1.807) is 40.6 Å². The van der Waals surface area contributed by atoms with Gasteiger partial charge in [0.25, 0.3) is 9.48 Å². The summed E-state index contributed by atoms with van der Waals surface area (Å²) >= 11 is 0.0236. The number of hydrogen-bond donors (Lipinski definition) is 0. The Morgan fingerprint density at radius 1 is 1.35 bits per heavy atom. The van der Waals surface area contributed by atoms with Gasteiger partial charge in [0.1, 0.15) is 11.3 Å². The Balaban J connectivity index is 2.44. The average molecular weight is 412 g/mol. The van der Waals surface area contributed by atoms with Crippen LogP contribution in [-0.2, 0) is 9.48 Å². The fraction of sp³-hybridized carbons (Fsp3) is 0.312. The van der Waals surface area contributed by atoms with E-state index < -0.39 is 16.0 Å². The predicted molar refractivity (Wildman–Crippen MR) is 104 cm³/mol.